The van der Waals surface area contributed by atoms with E-state index in [2.05, 4.69) is 16.7 Å². The minimum atomic E-state index is -0.760. The van der Waals surface area contributed by atoms with E-state index in [0.717, 1.165) is 35.5 Å². The molecule has 2 heterocycles. The van der Waals surface area contributed by atoms with Crippen LogP contribution < -0.4 is 10.6 Å². The molecule has 1 spiro atoms. The first-order valence-electron chi connectivity index (χ1n) is 8.96. The zero-order chi connectivity index (χ0) is 18.7. The highest BCUT2D eigenvalue weighted by Crippen LogP contribution is 2.33. The SMILES string of the molecule is CCc1cc(C#N)c(NC(=O)CCN2C(=O)NC3(CCCCC3)C2=O)s1. The van der Waals surface area contributed by atoms with Gasteiger partial charge in [-0.3, -0.25) is 14.5 Å². The number of anilines is 1. The number of nitrogens with zero attached hydrogens (tertiary/aromatic N) is 2. The van der Waals surface area contributed by atoms with E-state index in [4.69, 9.17) is 5.26 Å². The van der Waals surface area contributed by atoms with Crippen molar-refractivity contribution in [3.8, 4) is 6.07 Å². The van der Waals surface area contributed by atoms with Gasteiger partial charge in [-0.15, -0.1) is 11.3 Å². The van der Waals surface area contributed by atoms with Crippen LogP contribution in [0.1, 0.15) is 55.9 Å². The van der Waals surface area contributed by atoms with Gasteiger partial charge >= 0.3 is 6.03 Å². The Labute approximate surface area is 156 Å². The molecule has 7 nitrogen and oxygen atoms in total. The van der Waals surface area contributed by atoms with Gasteiger partial charge in [-0.1, -0.05) is 26.2 Å². The van der Waals surface area contributed by atoms with Crippen molar-refractivity contribution in [3.63, 3.8) is 0 Å². The molecule has 3 rings (SSSR count). The van der Waals surface area contributed by atoms with Crippen LogP contribution in [0.2, 0.25) is 0 Å². The third kappa shape index (κ3) is 3.44. The Balaban J connectivity index is 1.59. The molecule has 0 atom stereocenters. The first-order valence-corrected chi connectivity index (χ1v) is 9.77. The summed E-state index contributed by atoms with van der Waals surface area (Å²) in [6, 6.07) is 3.43. The molecule has 1 aliphatic heterocycles. The second-order valence-corrected chi connectivity index (χ2v) is 7.89. The summed E-state index contributed by atoms with van der Waals surface area (Å²) in [7, 11) is 0. The number of thiophene rings is 1. The number of nitriles is 1. The number of hydrogen-bond donors (Lipinski definition) is 2. The molecule has 0 unspecified atom stereocenters. The predicted octanol–water partition coefficient (Wildman–Crippen LogP) is 2.77. The summed E-state index contributed by atoms with van der Waals surface area (Å²) in [5.41, 5.74) is -0.319. The number of nitrogens with one attached hydrogen (secondary N) is 2. The number of hydrogen-bond acceptors (Lipinski definition) is 5. The number of urea groups is 1. The summed E-state index contributed by atoms with van der Waals surface area (Å²) < 4.78 is 0. The molecule has 0 radical (unpaired) electrons. The Morgan fingerprint density at radius 3 is 2.77 bits per heavy atom. The summed E-state index contributed by atoms with van der Waals surface area (Å²) in [5.74, 6) is -0.520. The fourth-order valence-corrected chi connectivity index (χ4v) is 4.53. The minimum Gasteiger partial charge on any atom is -0.323 e. The lowest BCUT2D eigenvalue weighted by atomic mass is 9.82. The number of rotatable bonds is 5. The summed E-state index contributed by atoms with van der Waals surface area (Å²) >= 11 is 1.37. The lowest BCUT2D eigenvalue weighted by molar-refractivity contribution is -0.132. The lowest BCUT2D eigenvalue weighted by Gasteiger charge is -2.30. The Morgan fingerprint density at radius 1 is 1.38 bits per heavy atom. The summed E-state index contributed by atoms with van der Waals surface area (Å²) in [4.78, 5) is 39.3. The first-order chi connectivity index (χ1) is 12.5. The molecule has 1 saturated heterocycles. The smallest absolute Gasteiger partial charge is 0.323 e. The standard InChI is InChI=1S/C18H22N4O3S/c1-2-13-10-12(11-19)15(26-13)20-14(23)6-9-22-16(24)18(21-17(22)25)7-4-3-5-8-18/h10H,2-9H2,1H3,(H,20,23)(H,21,25). The molecule has 4 amide bonds. The lowest BCUT2D eigenvalue weighted by Crippen LogP contribution is -2.48. The quantitative estimate of drug-likeness (QED) is 0.774. The number of amides is 4. The molecule has 2 fully saturated rings. The van der Waals surface area contributed by atoms with Gasteiger partial charge in [0.15, 0.2) is 0 Å². The molecule has 1 aromatic heterocycles. The molecule has 0 bridgehead atoms. The monoisotopic (exact) mass is 374 g/mol. The Morgan fingerprint density at radius 2 is 2.12 bits per heavy atom. The Bertz CT molecular complexity index is 774. The van der Waals surface area contributed by atoms with E-state index in [1.807, 2.05) is 6.92 Å². The average molecular weight is 374 g/mol. The van der Waals surface area contributed by atoms with Crippen molar-refractivity contribution in [3.05, 3.63) is 16.5 Å². The number of aryl methyl sites for hydroxylation is 1. The fraction of sp³-hybridized carbons (Fsp3) is 0.556. The van der Waals surface area contributed by atoms with Crippen molar-refractivity contribution >= 4 is 34.2 Å². The van der Waals surface area contributed by atoms with E-state index in [-0.39, 0.29) is 24.8 Å². The molecule has 1 aliphatic carbocycles. The topological polar surface area (TPSA) is 102 Å². The van der Waals surface area contributed by atoms with Crippen LogP contribution in [0.15, 0.2) is 6.07 Å². The van der Waals surface area contributed by atoms with Crippen LogP contribution in [0.5, 0.6) is 0 Å². The molecule has 1 aromatic rings. The maximum atomic E-state index is 12.7. The number of carbonyl (C=O) groups is 3. The van der Waals surface area contributed by atoms with E-state index in [9.17, 15) is 14.4 Å². The molecule has 2 aliphatic rings. The van der Waals surface area contributed by atoms with Gasteiger partial charge in [0.05, 0.1) is 5.56 Å². The van der Waals surface area contributed by atoms with Crippen LogP contribution in [0, 0.1) is 11.3 Å². The van der Waals surface area contributed by atoms with Crippen molar-refractivity contribution in [2.24, 2.45) is 0 Å². The molecule has 138 valence electrons. The van der Waals surface area contributed by atoms with Crippen LogP contribution in [0.3, 0.4) is 0 Å². The van der Waals surface area contributed by atoms with Crippen molar-refractivity contribution in [1.29, 1.82) is 5.26 Å². The Hall–Kier alpha value is -2.40. The zero-order valence-corrected chi connectivity index (χ0v) is 15.6. The van der Waals surface area contributed by atoms with Crippen LogP contribution in [-0.2, 0) is 16.0 Å². The van der Waals surface area contributed by atoms with E-state index in [1.165, 1.54) is 11.3 Å². The predicted molar refractivity (Wildman–Crippen MR) is 97.7 cm³/mol. The molecule has 2 N–H and O–H groups in total. The van der Waals surface area contributed by atoms with Gasteiger partial charge in [0.1, 0.15) is 16.6 Å². The average Bonchev–Trinajstić information content (AvgIpc) is 3.13. The van der Waals surface area contributed by atoms with Gasteiger partial charge in [-0.05, 0) is 25.3 Å². The molecular weight excluding hydrogens is 352 g/mol. The van der Waals surface area contributed by atoms with Gasteiger partial charge in [0, 0.05) is 17.8 Å². The molecular formula is C18H22N4O3S. The van der Waals surface area contributed by atoms with E-state index >= 15 is 0 Å². The minimum absolute atomic E-state index is 0.0134. The van der Waals surface area contributed by atoms with Crippen molar-refractivity contribution in [2.75, 3.05) is 11.9 Å². The van der Waals surface area contributed by atoms with Gasteiger partial charge in [-0.25, -0.2) is 4.79 Å². The van der Waals surface area contributed by atoms with Crippen molar-refractivity contribution in [2.45, 2.75) is 57.4 Å². The third-order valence-corrected chi connectivity index (χ3v) is 6.22. The summed E-state index contributed by atoms with van der Waals surface area (Å²) in [5, 5.41) is 15.2. The normalized spacial score (nSPS) is 18.7. The number of carbonyl (C=O) groups excluding carboxylic acids is 3. The second-order valence-electron chi connectivity index (χ2n) is 6.75. The van der Waals surface area contributed by atoms with Gasteiger partial charge < -0.3 is 10.6 Å². The zero-order valence-electron chi connectivity index (χ0n) is 14.8. The van der Waals surface area contributed by atoms with Gasteiger partial charge in [-0.2, -0.15) is 5.26 Å². The second kappa shape index (κ2) is 7.46. The third-order valence-electron chi connectivity index (χ3n) is 5.02. The number of imide groups is 1. The van der Waals surface area contributed by atoms with Crippen LogP contribution in [-0.4, -0.2) is 34.8 Å². The molecule has 8 heteroatoms. The van der Waals surface area contributed by atoms with Gasteiger partial charge in [0.2, 0.25) is 5.91 Å². The fourth-order valence-electron chi connectivity index (χ4n) is 3.57. The first kappa shape index (κ1) is 18.4. The Kier molecular flexibility index (Phi) is 5.28. The maximum absolute atomic E-state index is 12.7. The van der Waals surface area contributed by atoms with E-state index in [1.54, 1.807) is 6.07 Å². The highest BCUT2D eigenvalue weighted by molar-refractivity contribution is 7.16. The highest BCUT2D eigenvalue weighted by atomic mass is 32.1. The summed E-state index contributed by atoms with van der Waals surface area (Å²) in [6.07, 6.45) is 5.07. The van der Waals surface area contributed by atoms with Crippen molar-refractivity contribution < 1.29 is 14.4 Å². The van der Waals surface area contributed by atoms with E-state index in [0.29, 0.717) is 23.4 Å². The molecule has 26 heavy (non-hydrogen) atoms. The van der Waals surface area contributed by atoms with Crippen LogP contribution in [0.25, 0.3) is 0 Å². The van der Waals surface area contributed by atoms with Crippen molar-refractivity contribution in [1.82, 2.24) is 10.2 Å². The maximum Gasteiger partial charge on any atom is 0.325 e. The van der Waals surface area contributed by atoms with Crippen LogP contribution in [0.4, 0.5) is 9.80 Å². The largest absolute Gasteiger partial charge is 0.325 e. The van der Waals surface area contributed by atoms with Gasteiger partial charge in [0.25, 0.3) is 5.91 Å². The highest BCUT2D eigenvalue weighted by Gasteiger charge is 2.51. The molecule has 0 aromatic carbocycles. The molecule has 1 saturated carbocycles. The summed E-state index contributed by atoms with van der Waals surface area (Å²) in [6.45, 7) is 2.03. The van der Waals surface area contributed by atoms with Crippen LogP contribution >= 0.6 is 11.3 Å². The van der Waals surface area contributed by atoms with E-state index < -0.39 is 11.6 Å².